The molecular formula is C32H37F3O2. The van der Waals surface area contributed by atoms with Gasteiger partial charge in [-0.15, -0.1) is 0 Å². The monoisotopic (exact) mass is 510 g/mol. The molecule has 1 saturated carbocycles. The van der Waals surface area contributed by atoms with Crippen LogP contribution < -0.4 is 9.47 Å². The van der Waals surface area contributed by atoms with E-state index >= 15 is 0 Å². The first-order valence-corrected chi connectivity index (χ1v) is 13.6. The third-order valence-corrected chi connectivity index (χ3v) is 7.40. The fraction of sp³-hybridized carbons (Fsp3) is 0.438. The van der Waals surface area contributed by atoms with Gasteiger partial charge in [-0.05, 0) is 66.0 Å². The van der Waals surface area contributed by atoms with Crippen LogP contribution in [0, 0.1) is 23.4 Å². The van der Waals surface area contributed by atoms with E-state index in [4.69, 9.17) is 9.47 Å². The minimum absolute atomic E-state index is 0.0686. The van der Waals surface area contributed by atoms with Crippen molar-refractivity contribution in [2.75, 3.05) is 6.61 Å². The lowest BCUT2D eigenvalue weighted by Gasteiger charge is -2.27. The van der Waals surface area contributed by atoms with E-state index in [1.165, 1.54) is 18.6 Å². The van der Waals surface area contributed by atoms with Crippen molar-refractivity contribution in [3.8, 4) is 22.6 Å². The fourth-order valence-corrected chi connectivity index (χ4v) is 5.02. The molecule has 0 amide bonds. The van der Waals surface area contributed by atoms with Crippen molar-refractivity contribution in [3.63, 3.8) is 0 Å². The Bertz CT molecular complexity index is 1150. The number of ether oxygens (including phenoxy) is 2. The van der Waals surface area contributed by atoms with E-state index in [2.05, 4.69) is 13.8 Å². The van der Waals surface area contributed by atoms with Crippen molar-refractivity contribution in [1.82, 2.24) is 0 Å². The van der Waals surface area contributed by atoms with Gasteiger partial charge in [-0.2, -0.15) is 4.39 Å². The van der Waals surface area contributed by atoms with Crippen molar-refractivity contribution in [2.24, 2.45) is 5.92 Å². The highest BCUT2D eigenvalue weighted by molar-refractivity contribution is 5.65. The summed E-state index contributed by atoms with van der Waals surface area (Å²) in [6.45, 7) is 5.03. The van der Waals surface area contributed by atoms with Crippen LogP contribution in [0.4, 0.5) is 13.2 Å². The van der Waals surface area contributed by atoms with E-state index in [9.17, 15) is 13.2 Å². The summed E-state index contributed by atoms with van der Waals surface area (Å²) in [6, 6.07) is 15.3. The summed E-state index contributed by atoms with van der Waals surface area (Å²) in [7, 11) is 0. The van der Waals surface area contributed by atoms with Crippen LogP contribution in [0.3, 0.4) is 0 Å². The molecule has 2 nitrogen and oxygen atoms in total. The largest absolute Gasteiger partial charge is 0.493 e. The summed E-state index contributed by atoms with van der Waals surface area (Å²) in [5.74, 6) is -0.918. The van der Waals surface area contributed by atoms with E-state index in [1.54, 1.807) is 42.5 Å². The van der Waals surface area contributed by atoms with Gasteiger partial charge in [0.15, 0.2) is 11.6 Å². The van der Waals surface area contributed by atoms with Crippen LogP contribution in [0.2, 0.25) is 0 Å². The average molecular weight is 511 g/mol. The molecule has 1 aliphatic rings. The summed E-state index contributed by atoms with van der Waals surface area (Å²) in [5, 5.41) is 0. The molecule has 0 N–H and O–H groups in total. The molecule has 0 heterocycles. The van der Waals surface area contributed by atoms with Crippen molar-refractivity contribution in [2.45, 2.75) is 77.7 Å². The van der Waals surface area contributed by atoms with Gasteiger partial charge in [-0.3, -0.25) is 0 Å². The smallest absolute Gasteiger partial charge is 0.200 e. The van der Waals surface area contributed by atoms with Gasteiger partial charge in [0.2, 0.25) is 5.82 Å². The van der Waals surface area contributed by atoms with E-state index < -0.39 is 11.6 Å². The molecule has 0 unspecified atom stereocenters. The van der Waals surface area contributed by atoms with Crippen LogP contribution in [-0.2, 0) is 6.61 Å². The highest BCUT2D eigenvalue weighted by Gasteiger charge is 2.25. The maximum absolute atomic E-state index is 14.8. The average Bonchev–Trinajstić information content (AvgIpc) is 2.91. The normalized spacial score (nSPS) is 17.5. The molecule has 0 radical (unpaired) electrons. The number of benzene rings is 3. The molecule has 1 fully saturated rings. The first kappa shape index (κ1) is 27.1. The Balaban J connectivity index is 1.34. The molecule has 0 spiro atoms. The van der Waals surface area contributed by atoms with Crippen LogP contribution >= 0.6 is 0 Å². The van der Waals surface area contributed by atoms with Crippen molar-refractivity contribution < 1.29 is 22.6 Å². The molecule has 4 rings (SSSR count). The molecule has 0 aliphatic heterocycles. The molecule has 0 atom stereocenters. The Morgan fingerprint density at radius 1 is 0.784 bits per heavy atom. The fourth-order valence-electron chi connectivity index (χ4n) is 5.02. The zero-order chi connectivity index (χ0) is 26.2. The van der Waals surface area contributed by atoms with Gasteiger partial charge in [-0.25, -0.2) is 8.78 Å². The van der Waals surface area contributed by atoms with Gasteiger partial charge >= 0.3 is 0 Å². The summed E-state index contributed by atoms with van der Waals surface area (Å²) in [6.07, 6.45) is 8.27. The maximum atomic E-state index is 14.8. The topological polar surface area (TPSA) is 18.5 Å². The predicted octanol–water partition coefficient (Wildman–Crippen LogP) is 9.60. The van der Waals surface area contributed by atoms with E-state index in [-0.39, 0.29) is 24.1 Å². The molecule has 198 valence electrons. The Morgan fingerprint density at radius 3 is 2.24 bits per heavy atom. The Hall–Kier alpha value is -2.95. The van der Waals surface area contributed by atoms with E-state index in [1.807, 2.05) is 0 Å². The molecule has 0 aromatic heterocycles. The number of hydrogen-bond acceptors (Lipinski definition) is 2. The van der Waals surface area contributed by atoms with Crippen LogP contribution in [0.15, 0.2) is 54.6 Å². The molecule has 37 heavy (non-hydrogen) atoms. The summed E-state index contributed by atoms with van der Waals surface area (Å²) in [4.78, 5) is 0. The zero-order valence-electron chi connectivity index (χ0n) is 21.9. The van der Waals surface area contributed by atoms with Crippen LogP contribution in [-0.4, -0.2) is 6.61 Å². The number of hydrogen-bond donors (Lipinski definition) is 0. The lowest BCUT2D eigenvalue weighted by atomic mass is 9.79. The molecule has 3 aromatic carbocycles. The van der Waals surface area contributed by atoms with Crippen molar-refractivity contribution in [3.05, 3.63) is 83.2 Å². The highest BCUT2D eigenvalue weighted by Crippen LogP contribution is 2.38. The predicted molar refractivity (Wildman–Crippen MR) is 143 cm³/mol. The Labute approximate surface area is 218 Å². The molecule has 0 bridgehead atoms. The quantitative estimate of drug-likeness (QED) is 0.239. The summed E-state index contributed by atoms with van der Waals surface area (Å²) in [5.41, 5.74) is 2.43. The molecule has 1 aliphatic carbocycles. The van der Waals surface area contributed by atoms with E-state index in [0.29, 0.717) is 29.4 Å². The van der Waals surface area contributed by atoms with Gasteiger partial charge < -0.3 is 9.47 Å². The lowest BCUT2D eigenvalue weighted by Crippen LogP contribution is -2.13. The van der Waals surface area contributed by atoms with Gasteiger partial charge in [0, 0.05) is 11.6 Å². The zero-order valence-corrected chi connectivity index (χ0v) is 21.9. The summed E-state index contributed by atoms with van der Waals surface area (Å²) >= 11 is 0. The second-order valence-electron chi connectivity index (χ2n) is 10.3. The molecular weight excluding hydrogens is 473 g/mol. The van der Waals surface area contributed by atoms with Gasteiger partial charge in [0.05, 0.1) is 6.61 Å². The third kappa shape index (κ3) is 7.09. The maximum Gasteiger partial charge on any atom is 0.200 e. The number of unbranched alkanes of at least 4 members (excludes halogenated alkanes) is 3. The molecule has 3 aromatic rings. The molecule has 5 heteroatoms. The number of halogens is 3. The SMILES string of the molecule is CCCCCCOc1ccc(-c2ccc(COc3ccc(C4CCC(C)CC4)c(F)c3F)cc2)c(F)c1. The number of rotatable bonds is 11. The second kappa shape index (κ2) is 13.0. The second-order valence-corrected chi connectivity index (χ2v) is 10.3. The third-order valence-electron chi connectivity index (χ3n) is 7.40. The Kier molecular flexibility index (Phi) is 9.54. The Morgan fingerprint density at radius 2 is 1.54 bits per heavy atom. The first-order chi connectivity index (χ1) is 18.0. The van der Waals surface area contributed by atoms with Gasteiger partial charge in [0.1, 0.15) is 18.2 Å². The summed E-state index contributed by atoms with van der Waals surface area (Å²) < 4.78 is 55.5. The van der Waals surface area contributed by atoms with Crippen LogP contribution in [0.5, 0.6) is 11.5 Å². The first-order valence-electron chi connectivity index (χ1n) is 13.6. The van der Waals surface area contributed by atoms with Crippen molar-refractivity contribution in [1.29, 1.82) is 0 Å². The minimum Gasteiger partial charge on any atom is -0.493 e. The molecule has 0 saturated heterocycles. The lowest BCUT2D eigenvalue weighted by molar-refractivity contribution is 0.282. The van der Waals surface area contributed by atoms with Gasteiger partial charge in [0.25, 0.3) is 0 Å². The minimum atomic E-state index is -0.928. The highest BCUT2D eigenvalue weighted by atomic mass is 19.2. The van der Waals surface area contributed by atoms with E-state index in [0.717, 1.165) is 56.1 Å². The van der Waals surface area contributed by atoms with Gasteiger partial charge in [-0.1, -0.05) is 76.3 Å². The van der Waals surface area contributed by atoms with Crippen LogP contribution in [0.1, 0.15) is 82.3 Å². The van der Waals surface area contributed by atoms with Crippen molar-refractivity contribution >= 4 is 0 Å². The standard InChI is InChI=1S/C32H37F3O2/c1-3-4-5-6-19-36-26-15-16-27(29(33)20-26)24-13-9-23(10-14-24)21-37-30-18-17-28(31(34)32(30)35)25-11-7-22(2)8-12-25/h9-10,13-18,20,22,25H,3-8,11-12,19,21H2,1-2H3. The van der Waals surface area contributed by atoms with Crippen LogP contribution in [0.25, 0.3) is 11.1 Å².